The molecule has 3 aromatic heterocycles. The number of aromatic nitrogens is 1. The van der Waals surface area contributed by atoms with Gasteiger partial charge in [-0.25, -0.2) is 9.79 Å². The van der Waals surface area contributed by atoms with Gasteiger partial charge in [-0.15, -0.1) is 11.3 Å². The van der Waals surface area contributed by atoms with Crippen LogP contribution in [-0.2, 0) is 9.53 Å². The van der Waals surface area contributed by atoms with Gasteiger partial charge in [0.05, 0.1) is 32.4 Å². The topological polar surface area (TPSA) is 117 Å². The number of nitro benzene ring substituents is 1. The number of esters is 1. The molecule has 0 saturated carbocycles. The van der Waals surface area contributed by atoms with E-state index < -0.39 is 16.9 Å². The fraction of sp³-hybridized carbons (Fsp3) is 0.160. The average Bonchev–Trinajstić information content (AvgIpc) is 3.60. The van der Waals surface area contributed by atoms with Crippen LogP contribution in [0.5, 0.6) is 0 Å². The molecule has 1 aliphatic heterocycles. The molecule has 1 atom stereocenters. The molecule has 4 heterocycles. The Kier molecular flexibility index (Phi) is 6.67. The third kappa shape index (κ3) is 4.57. The number of fused-ring (bicyclic) bond motifs is 1. The number of furan rings is 1. The fourth-order valence-corrected chi connectivity index (χ4v) is 6.15. The van der Waals surface area contributed by atoms with Crippen LogP contribution in [0, 0.1) is 10.1 Å². The van der Waals surface area contributed by atoms with Crippen molar-refractivity contribution < 1.29 is 18.9 Å². The molecule has 1 aromatic carbocycles. The Bertz CT molecular complexity index is 1750. The maximum atomic E-state index is 13.6. The number of carbonyl (C=O) groups is 1. The highest BCUT2D eigenvalue weighted by molar-refractivity contribution is 7.10. The number of non-ortho nitro benzene ring substituents is 1. The van der Waals surface area contributed by atoms with E-state index in [0.29, 0.717) is 37.7 Å². The summed E-state index contributed by atoms with van der Waals surface area (Å²) in [6.07, 6.45) is 1.60. The maximum absolute atomic E-state index is 13.6. The monoisotopic (exact) mass is 555 g/mol. The molecule has 4 aromatic rings. The van der Waals surface area contributed by atoms with Crippen LogP contribution in [0.2, 0.25) is 5.02 Å². The summed E-state index contributed by atoms with van der Waals surface area (Å²) in [6.45, 7) is 3.66. The maximum Gasteiger partial charge on any atom is 0.338 e. The summed E-state index contributed by atoms with van der Waals surface area (Å²) in [5, 5.41) is 13.0. The standard InChI is InChI=1S/C25H18ClN3O6S2/c1-3-34-24(31)21-13(2)27-25-28(22(21)19-5-4-10-36-19)23(30)20(37-25)12-15-7-9-18(35-15)16-8-6-14(29(32)33)11-17(16)26/h4-12,22H,3H2,1-2H3/b20-12-/t22-/m0/s1. The van der Waals surface area contributed by atoms with Gasteiger partial charge in [-0.3, -0.25) is 19.5 Å². The van der Waals surface area contributed by atoms with E-state index >= 15 is 0 Å². The smallest absolute Gasteiger partial charge is 0.338 e. The van der Waals surface area contributed by atoms with Gasteiger partial charge in [-0.1, -0.05) is 29.0 Å². The second-order valence-corrected chi connectivity index (χ2v) is 10.3. The summed E-state index contributed by atoms with van der Waals surface area (Å²) < 4.78 is 13.0. The van der Waals surface area contributed by atoms with Crippen molar-refractivity contribution in [3.05, 3.63) is 105 Å². The minimum Gasteiger partial charge on any atom is -0.463 e. The van der Waals surface area contributed by atoms with Crippen LogP contribution in [0.15, 0.2) is 73.3 Å². The van der Waals surface area contributed by atoms with Crippen molar-refractivity contribution >= 4 is 52.0 Å². The number of allylic oxidation sites excluding steroid dienone is 1. The zero-order chi connectivity index (χ0) is 26.3. The van der Waals surface area contributed by atoms with E-state index in [4.69, 9.17) is 20.8 Å². The van der Waals surface area contributed by atoms with Crippen LogP contribution < -0.4 is 14.9 Å². The first-order chi connectivity index (χ1) is 17.8. The van der Waals surface area contributed by atoms with Crippen molar-refractivity contribution in [2.24, 2.45) is 4.99 Å². The second kappa shape index (κ2) is 9.92. The Morgan fingerprint density at radius 3 is 2.81 bits per heavy atom. The van der Waals surface area contributed by atoms with Gasteiger partial charge in [0, 0.05) is 28.6 Å². The molecule has 0 bridgehead atoms. The van der Waals surface area contributed by atoms with E-state index in [2.05, 4.69) is 4.99 Å². The molecule has 9 nitrogen and oxygen atoms in total. The Morgan fingerprint density at radius 1 is 1.32 bits per heavy atom. The molecule has 5 rings (SSSR count). The van der Waals surface area contributed by atoms with Crippen LogP contribution >= 0.6 is 34.3 Å². The first kappa shape index (κ1) is 24.9. The number of ether oxygens (including phenoxy) is 1. The van der Waals surface area contributed by atoms with Crippen molar-refractivity contribution in [2.45, 2.75) is 19.9 Å². The molecule has 0 fully saturated rings. The average molecular weight is 556 g/mol. The van der Waals surface area contributed by atoms with E-state index in [1.54, 1.807) is 32.1 Å². The minimum atomic E-state index is -0.650. The Hall–Kier alpha value is -3.80. The summed E-state index contributed by atoms with van der Waals surface area (Å²) in [5.41, 5.74) is 0.872. The van der Waals surface area contributed by atoms with Crippen molar-refractivity contribution in [2.75, 3.05) is 6.61 Å². The number of thiazole rings is 1. The number of nitrogens with zero attached hydrogens (tertiary/aromatic N) is 3. The molecule has 12 heteroatoms. The SMILES string of the molecule is CCOC(=O)C1=C(C)N=c2s/c(=C\c3ccc(-c4ccc([N+](=O)[O-])cc4Cl)o3)c(=O)n2[C@H]1c1cccs1. The lowest BCUT2D eigenvalue weighted by Crippen LogP contribution is -2.39. The van der Waals surface area contributed by atoms with Gasteiger partial charge in [0.15, 0.2) is 4.80 Å². The number of benzene rings is 1. The zero-order valence-corrected chi connectivity index (χ0v) is 21.9. The minimum absolute atomic E-state index is 0.126. The number of hydrogen-bond acceptors (Lipinski definition) is 9. The van der Waals surface area contributed by atoms with Gasteiger partial charge in [0.25, 0.3) is 11.2 Å². The van der Waals surface area contributed by atoms with Crippen LogP contribution in [0.1, 0.15) is 30.5 Å². The van der Waals surface area contributed by atoms with Gasteiger partial charge in [-0.2, -0.15) is 0 Å². The number of carbonyl (C=O) groups excluding carboxylic acids is 1. The summed E-state index contributed by atoms with van der Waals surface area (Å²) in [4.78, 5) is 42.7. The highest BCUT2D eigenvalue weighted by atomic mass is 35.5. The Balaban J connectivity index is 1.59. The van der Waals surface area contributed by atoms with E-state index in [9.17, 15) is 19.7 Å². The normalized spacial score (nSPS) is 15.4. The third-order valence-electron chi connectivity index (χ3n) is 5.66. The molecular weight excluding hydrogens is 538 g/mol. The summed E-state index contributed by atoms with van der Waals surface area (Å²) in [5.74, 6) is 0.284. The van der Waals surface area contributed by atoms with Crippen LogP contribution in [0.25, 0.3) is 17.4 Å². The quantitative estimate of drug-likeness (QED) is 0.194. The number of halogens is 1. The second-order valence-electron chi connectivity index (χ2n) is 7.94. The molecule has 0 radical (unpaired) electrons. The molecule has 0 amide bonds. The molecule has 0 saturated heterocycles. The van der Waals surface area contributed by atoms with E-state index in [1.165, 1.54) is 45.4 Å². The third-order valence-corrected chi connectivity index (χ3v) is 7.88. The van der Waals surface area contributed by atoms with E-state index in [1.807, 2.05) is 17.5 Å². The van der Waals surface area contributed by atoms with Gasteiger partial charge in [0.2, 0.25) is 0 Å². The van der Waals surface area contributed by atoms with Crippen molar-refractivity contribution in [3.8, 4) is 11.3 Å². The van der Waals surface area contributed by atoms with Gasteiger partial charge < -0.3 is 9.15 Å². The largest absolute Gasteiger partial charge is 0.463 e. The van der Waals surface area contributed by atoms with Crippen molar-refractivity contribution in [1.29, 1.82) is 0 Å². The van der Waals surface area contributed by atoms with Gasteiger partial charge in [-0.05, 0) is 43.5 Å². The summed E-state index contributed by atoms with van der Waals surface area (Å²) in [6, 6.07) is 10.5. The van der Waals surface area contributed by atoms with Crippen molar-refractivity contribution in [1.82, 2.24) is 4.57 Å². The van der Waals surface area contributed by atoms with Crippen molar-refractivity contribution in [3.63, 3.8) is 0 Å². The molecule has 0 spiro atoms. The summed E-state index contributed by atoms with van der Waals surface area (Å²) >= 11 is 8.86. The predicted octanol–water partition coefficient (Wildman–Crippen LogP) is 4.68. The molecule has 0 N–H and O–H groups in total. The molecular formula is C25H18ClN3O6S2. The number of rotatable bonds is 6. The van der Waals surface area contributed by atoms with E-state index in [-0.39, 0.29) is 22.9 Å². The fourth-order valence-electron chi connectivity index (χ4n) is 4.03. The predicted molar refractivity (Wildman–Crippen MR) is 141 cm³/mol. The molecule has 0 aliphatic carbocycles. The van der Waals surface area contributed by atoms with Crippen LogP contribution in [0.3, 0.4) is 0 Å². The van der Waals surface area contributed by atoms with Gasteiger partial charge in [0.1, 0.15) is 17.6 Å². The lowest BCUT2D eigenvalue weighted by atomic mass is 10.0. The van der Waals surface area contributed by atoms with Crippen LogP contribution in [-0.4, -0.2) is 22.1 Å². The number of nitro groups is 1. The molecule has 37 heavy (non-hydrogen) atoms. The molecule has 188 valence electrons. The highest BCUT2D eigenvalue weighted by Gasteiger charge is 2.33. The lowest BCUT2D eigenvalue weighted by Gasteiger charge is -2.23. The Morgan fingerprint density at radius 2 is 2.14 bits per heavy atom. The molecule has 1 aliphatic rings. The highest BCUT2D eigenvalue weighted by Crippen LogP contribution is 2.34. The first-order valence-corrected chi connectivity index (χ1v) is 13.1. The number of hydrogen-bond donors (Lipinski definition) is 0. The van der Waals surface area contributed by atoms with E-state index in [0.717, 1.165) is 4.88 Å². The van der Waals surface area contributed by atoms with Crippen LogP contribution in [0.4, 0.5) is 5.69 Å². The Labute approximate surface area is 222 Å². The number of thiophene rings is 1. The molecule has 0 unspecified atom stereocenters. The summed E-state index contributed by atoms with van der Waals surface area (Å²) in [7, 11) is 0. The van der Waals surface area contributed by atoms with Gasteiger partial charge >= 0.3 is 5.97 Å². The first-order valence-electron chi connectivity index (χ1n) is 11.1. The zero-order valence-electron chi connectivity index (χ0n) is 19.5. The lowest BCUT2D eigenvalue weighted by molar-refractivity contribution is -0.384.